The van der Waals surface area contributed by atoms with E-state index in [1.54, 1.807) is 13.0 Å². The van der Waals surface area contributed by atoms with E-state index < -0.39 is 11.6 Å². The summed E-state index contributed by atoms with van der Waals surface area (Å²) in [5.41, 5.74) is -0.646. The Morgan fingerprint density at radius 3 is 1.64 bits per heavy atom. The molecule has 0 amide bonds. The molecule has 0 aliphatic carbocycles. The smallest absolute Gasteiger partial charge is 0.331 e. The first kappa shape index (κ1) is 22.0. The number of carboxylic acids is 1. The van der Waals surface area contributed by atoms with Crippen LogP contribution in [-0.4, -0.2) is 89.4 Å². The molecule has 25 heavy (non-hydrogen) atoms. The van der Waals surface area contributed by atoms with E-state index in [0.717, 1.165) is 0 Å². The molecule has 1 N–H and O–H groups in total. The van der Waals surface area contributed by atoms with Crippen LogP contribution < -0.4 is 0 Å². The standard InChI is InChI=1S/C17H30O8/c1-15(16(18)19)13-17(2)14-24-10-9-22-6-5-20-3-4-21-7-8-23-11-12-25-17/h13H,3-12,14H2,1-2H3,(H,18,19). The fourth-order valence-corrected chi connectivity index (χ4v) is 2.13. The maximum Gasteiger partial charge on any atom is 0.331 e. The van der Waals surface area contributed by atoms with Crippen molar-refractivity contribution in [1.82, 2.24) is 0 Å². The van der Waals surface area contributed by atoms with Gasteiger partial charge in [0, 0.05) is 5.57 Å². The predicted molar refractivity (Wildman–Crippen MR) is 89.8 cm³/mol. The first-order valence-corrected chi connectivity index (χ1v) is 8.49. The van der Waals surface area contributed by atoms with Crippen LogP contribution in [0.5, 0.6) is 0 Å². The Morgan fingerprint density at radius 2 is 1.20 bits per heavy atom. The van der Waals surface area contributed by atoms with Crippen LogP contribution in [0.3, 0.4) is 0 Å². The van der Waals surface area contributed by atoms with Gasteiger partial charge >= 0.3 is 5.97 Å². The third-order valence-electron chi connectivity index (χ3n) is 3.40. The molecule has 1 heterocycles. The average molecular weight is 362 g/mol. The summed E-state index contributed by atoms with van der Waals surface area (Å²) >= 11 is 0. The maximum absolute atomic E-state index is 11.1. The number of carbonyl (C=O) groups is 1. The highest BCUT2D eigenvalue weighted by molar-refractivity contribution is 5.86. The van der Waals surface area contributed by atoms with Gasteiger partial charge in [-0.25, -0.2) is 4.79 Å². The van der Waals surface area contributed by atoms with Crippen molar-refractivity contribution in [3.05, 3.63) is 11.6 Å². The summed E-state index contributed by atoms with van der Waals surface area (Å²) in [6.45, 7) is 8.04. The predicted octanol–water partition coefficient (Wildman–Crippen LogP) is 0.889. The van der Waals surface area contributed by atoms with E-state index in [0.29, 0.717) is 66.1 Å². The molecule has 0 spiro atoms. The lowest BCUT2D eigenvalue weighted by molar-refractivity contribution is -0.133. The van der Waals surface area contributed by atoms with Crippen molar-refractivity contribution in [2.75, 3.05) is 72.7 Å². The van der Waals surface area contributed by atoms with Gasteiger partial charge < -0.3 is 33.5 Å². The van der Waals surface area contributed by atoms with E-state index in [9.17, 15) is 4.79 Å². The number of rotatable bonds is 2. The molecule has 0 radical (unpaired) electrons. The zero-order valence-corrected chi connectivity index (χ0v) is 15.2. The third-order valence-corrected chi connectivity index (χ3v) is 3.40. The topological polar surface area (TPSA) is 92.7 Å². The minimum Gasteiger partial charge on any atom is -0.478 e. The zero-order valence-electron chi connectivity index (χ0n) is 15.2. The Balaban J connectivity index is 2.52. The van der Waals surface area contributed by atoms with Crippen molar-refractivity contribution in [2.24, 2.45) is 0 Å². The highest BCUT2D eigenvalue weighted by Gasteiger charge is 2.24. The molecule has 1 aliphatic heterocycles. The molecule has 8 heteroatoms. The molecule has 1 unspecified atom stereocenters. The molecular formula is C17H30O8. The minimum atomic E-state index is -0.985. The van der Waals surface area contributed by atoms with E-state index in [4.69, 9.17) is 33.5 Å². The maximum atomic E-state index is 11.1. The molecule has 1 aliphatic rings. The van der Waals surface area contributed by atoms with Crippen LogP contribution >= 0.6 is 0 Å². The number of carboxylic acid groups (broad SMARTS) is 1. The van der Waals surface area contributed by atoms with Gasteiger partial charge in [-0.1, -0.05) is 0 Å². The number of hydrogen-bond donors (Lipinski definition) is 1. The quantitative estimate of drug-likeness (QED) is 0.724. The summed E-state index contributed by atoms with van der Waals surface area (Å²) in [5.74, 6) is -0.985. The molecule has 0 saturated carbocycles. The fraction of sp³-hybridized carbons (Fsp3) is 0.824. The van der Waals surface area contributed by atoms with Gasteiger partial charge in [-0.2, -0.15) is 0 Å². The van der Waals surface area contributed by atoms with Gasteiger partial charge in [-0.05, 0) is 19.9 Å². The van der Waals surface area contributed by atoms with Crippen molar-refractivity contribution in [1.29, 1.82) is 0 Å². The van der Waals surface area contributed by atoms with Crippen molar-refractivity contribution in [3.63, 3.8) is 0 Å². The largest absolute Gasteiger partial charge is 0.478 e. The second-order valence-electron chi connectivity index (χ2n) is 5.80. The first-order chi connectivity index (χ1) is 12.0. The number of aliphatic carboxylic acids is 1. The number of ether oxygens (including phenoxy) is 6. The second kappa shape index (κ2) is 13.2. The van der Waals surface area contributed by atoms with Crippen molar-refractivity contribution < 1.29 is 38.3 Å². The SMILES string of the molecule is CC(=CC1(C)COCCOCCOCCOCCOCCO1)C(=O)O. The van der Waals surface area contributed by atoms with Crippen LogP contribution in [0.15, 0.2) is 11.6 Å². The molecule has 8 nitrogen and oxygen atoms in total. The first-order valence-electron chi connectivity index (χ1n) is 8.49. The normalized spacial score (nSPS) is 27.2. The van der Waals surface area contributed by atoms with Crippen LogP contribution in [0.1, 0.15) is 13.8 Å². The highest BCUT2D eigenvalue weighted by Crippen LogP contribution is 2.16. The Hall–Kier alpha value is -1.03. The Labute approximate surface area is 149 Å². The van der Waals surface area contributed by atoms with Gasteiger partial charge in [0.05, 0.1) is 72.7 Å². The molecule has 0 aromatic heterocycles. The molecule has 1 fully saturated rings. The van der Waals surface area contributed by atoms with Gasteiger partial charge in [0.15, 0.2) is 0 Å². The van der Waals surface area contributed by atoms with E-state index >= 15 is 0 Å². The van der Waals surface area contributed by atoms with Gasteiger partial charge in [0.1, 0.15) is 5.60 Å². The summed E-state index contributed by atoms with van der Waals surface area (Å²) in [6, 6.07) is 0. The zero-order chi connectivity index (χ0) is 18.4. The molecular weight excluding hydrogens is 332 g/mol. The van der Waals surface area contributed by atoms with Gasteiger partial charge in [0.25, 0.3) is 0 Å². The molecule has 146 valence electrons. The molecule has 1 saturated heterocycles. The molecule has 1 atom stereocenters. The Bertz CT molecular complexity index is 378. The van der Waals surface area contributed by atoms with Crippen molar-refractivity contribution in [2.45, 2.75) is 19.4 Å². The second-order valence-corrected chi connectivity index (χ2v) is 5.80. The summed E-state index contributed by atoms with van der Waals surface area (Å²) in [7, 11) is 0. The monoisotopic (exact) mass is 362 g/mol. The molecule has 0 bridgehead atoms. The fourth-order valence-electron chi connectivity index (χ4n) is 2.13. The van der Waals surface area contributed by atoms with Gasteiger partial charge in [-0.15, -0.1) is 0 Å². The minimum absolute atomic E-state index is 0.205. The lowest BCUT2D eigenvalue weighted by Crippen LogP contribution is -2.35. The van der Waals surface area contributed by atoms with Gasteiger partial charge in [0.2, 0.25) is 0 Å². The van der Waals surface area contributed by atoms with E-state index in [1.807, 2.05) is 0 Å². The lowest BCUT2D eigenvalue weighted by Gasteiger charge is -2.27. The number of hydrogen-bond acceptors (Lipinski definition) is 7. The Kier molecular flexibility index (Phi) is 11.6. The van der Waals surface area contributed by atoms with E-state index in [2.05, 4.69) is 0 Å². The van der Waals surface area contributed by atoms with Crippen LogP contribution in [0.4, 0.5) is 0 Å². The Morgan fingerprint density at radius 1 is 0.800 bits per heavy atom. The summed E-state index contributed by atoms with van der Waals surface area (Å²) in [6.07, 6.45) is 1.56. The highest BCUT2D eigenvalue weighted by atomic mass is 16.6. The van der Waals surface area contributed by atoms with E-state index in [-0.39, 0.29) is 12.2 Å². The molecule has 0 aromatic carbocycles. The van der Waals surface area contributed by atoms with Crippen LogP contribution in [0.2, 0.25) is 0 Å². The third kappa shape index (κ3) is 11.2. The van der Waals surface area contributed by atoms with Crippen LogP contribution in [-0.2, 0) is 33.2 Å². The molecule has 0 aromatic rings. The van der Waals surface area contributed by atoms with Gasteiger partial charge in [-0.3, -0.25) is 0 Å². The lowest BCUT2D eigenvalue weighted by atomic mass is 10.0. The van der Waals surface area contributed by atoms with Crippen LogP contribution in [0, 0.1) is 0 Å². The summed E-state index contributed by atoms with van der Waals surface area (Å²) in [4.78, 5) is 11.1. The van der Waals surface area contributed by atoms with E-state index in [1.165, 1.54) is 6.92 Å². The summed E-state index contributed by atoms with van der Waals surface area (Å²) in [5, 5.41) is 9.08. The van der Waals surface area contributed by atoms with Crippen molar-refractivity contribution >= 4 is 5.97 Å². The van der Waals surface area contributed by atoms with Crippen LogP contribution in [0.25, 0.3) is 0 Å². The van der Waals surface area contributed by atoms with Crippen molar-refractivity contribution in [3.8, 4) is 0 Å². The summed E-state index contributed by atoms with van der Waals surface area (Å²) < 4.78 is 33.0. The molecule has 1 rings (SSSR count). The average Bonchev–Trinajstić information content (AvgIpc) is 2.57.